The molecule has 0 saturated carbocycles. The number of hydrogen-bond donors (Lipinski definition) is 1. The van der Waals surface area contributed by atoms with Crippen LogP contribution in [-0.2, 0) is 6.54 Å². The van der Waals surface area contributed by atoms with E-state index in [4.69, 9.17) is 10.2 Å². The maximum absolute atomic E-state index is 12.3. The molecule has 106 valence electrons. The van der Waals surface area contributed by atoms with Crippen molar-refractivity contribution in [1.82, 2.24) is 4.57 Å². The fourth-order valence-electron chi connectivity index (χ4n) is 2.27. The molecule has 0 bridgehead atoms. The molecule has 1 heterocycles. The van der Waals surface area contributed by atoms with Gasteiger partial charge in [-0.15, -0.1) is 0 Å². The molecule has 0 radical (unpaired) electrons. The highest BCUT2D eigenvalue weighted by atomic mass is 16.4. The van der Waals surface area contributed by atoms with Gasteiger partial charge in [0, 0.05) is 5.56 Å². The highest BCUT2D eigenvalue weighted by molar-refractivity contribution is 5.97. The largest absolute Gasteiger partial charge is 0.420 e. The van der Waals surface area contributed by atoms with Crippen LogP contribution in [-0.4, -0.2) is 10.4 Å². The number of carbonyl (C=O) groups excluding carboxylic acids is 1. The van der Waals surface area contributed by atoms with Crippen molar-refractivity contribution in [2.75, 3.05) is 5.73 Å². The van der Waals surface area contributed by atoms with Gasteiger partial charge in [0.25, 0.3) is 0 Å². The van der Waals surface area contributed by atoms with Gasteiger partial charge in [-0.25, -0.2) is 4.79 Å². The fourth-order valence-corrected chi connectivity index (χ4v) is 2.27. The lowest BCUT2D eigenvalue weighted by Crippen LogP contribution is -2.20. The molecular formula is C16H14N2O3. The van der Waals surface area contributed by atoms with E-state index in [1.807, 2.05) is 19.1 Å². The summed E-state index contributed by atoms with van der Waals surface area (Å²) >= 11 is 0. The van der Waals surface area contributed by atoms with Crippen molar-refractivity contribution in [2.24, 2.45) is 0 Å². The second kappa shape index (κ2) is 4.94. The topological polar surface area (TPSA) is 78.2 Å². The summed E-state index contributed by atoms with van der Waals surface area (Å²) in [6, 6.07) is 12.2. The Bertz CT molecular complexity index is 873. The summed E-state index contributed by atoms with van der Waals surface area (Å²) < 4.78 is 6.38. The number of anilines is 1. The normalized spacial score (nSPS) is 10.9. The zero-order valence-corrected chi connectivity index (χ0v) is 11.5. The van der Waals surface area contributed by atoms with E-state index in [0.717, 1.165) is 5.56 Å². The Morgan fingerprint density at radius 1 is 1.19 bits per heavy atom. The van der Waals surface area contributed by atoms with Gasteiger partial charge in [0.2, 0.25) is 0 Å². The number of para-hydroxylation sites is 1. The summed E-state index contributed by atoms with van der Waals surface area (Å²) in [5, 5.41) is 0. The number of aryl methyl sites for hydroxylation is 1. The number of aromatic nitrogens is 1. The van der Waals surface area contributed by atoms with Crippen LogP contribution in [0.1, 0.15) is 15.9 Å². The van der Waals surface area contributed by atoms with Gasteiger partial charge in [0.05, 0.1) is 12.2 Å². The minimum Gasteiger partial charge on any atom is -0.408 e. The summed E-state index contributed by atoms with van der Waals surface area (Å²) in [6.45, 7) is 1.85. The first kappa shape index (κ1) is 13.2. The zero-order chi connectivity index (χ0) is 15.0. The van der Waals surface area contributed by atoms with Crippen LogP contribution in [0.4, 0.5) is 5.69 Å². The summed E-state index contributed by atoms with van der Waals surface area (Å²) in [7, 11) is 0. The third-order valence-corrected chi connectivity index (χ3v) is 3.39. The number of fused-ring (bicyclic) bond motifs is 1. The van der Waals surface area contributed by atoms with Crippen LogP contribution in [0.2, 0.25) is 0 Å². The first-order valence-electron chi connectivity index (χ1n) is 6.54. The number of nitrogens with zero attached hydrogens (tertiary/aromatic N) is 1. The van der Waals surface area contributed by atoms with Crippen LogP contribution >= 0.6 is 0 Å². The van der Waals surface area contributed by atoms with E-state index in [9.17, 15) is 9.59 Å². The SMILES string of the molecule is Cc1ccc(C(=O)Cn2c(=O)oc3cccc(N)c32)cc1. The van der Waals surface area contributed by atoms with E-state index in [0.29, 0.717) is 22.4 Å². The molecular weight excluding hydrogens is 268 g/mol. The van der Waals surface area contributed by atoms with Gasteiger partial charge in [0.15, 0.2) is 11.4 Å². The molecule has 3 aromatic rings. The van der Waals surface area contributed by atoms with Crippen molar-refractivity contribution in [2.45, 2.75) is 13.5 Å². The summed E-state index contributed by atoms with van der Waals surface area (Å²) in [4.78, 5) is 24.2. The molecule has 2 aromatic carbocycles. The average Bonchev–Trinajstić information content (AvgIpc) is 2.77. The van der Waals surface area contributed by atoms with Gasteiger partial charge >= 0.3 is 5.76 Å². The van der Waals surface area contributed by atoms with E-state index in [1.165, 1.54) is 4.57 Å². The van der Waals surface area contributed by atoms with Crippen LogP contribution in [0.25, 0.3) is 11.1 Å². The summed E-state index contributed by atoms with van der Waals surface area (Å²) in [5.41, 5.74) is 8.76. The third-order valence-electron chi connectivity index (χ3n) is 3.39. The Morgan fingerprint density at radius 3 is 2.62 bits per heavy atom. The molecule has 5 heteroatoms. The summed E-state index contributed by atoms with van der Waals surface area (Å²) in [6.07, 6.45) is 0. The van der Waals surface area contributed by atoms with E-state index < -0.39 is 5.76 Å². The first-order valence-corrected chi connectivity index (χ1v) is 6.54. The Balaban J connectivity index is 2.02. The minimum atomic E-state index is -0.580. The predicted molar refractivity (Wildman–Crippen MR) is 80.4 cm³/mol. The van der Waals surface area contributed by atoms with Gasteiger partial charge < -0.3 is 10.2 Å². The number of carbonyl (C=O) groups is 1. The van der Waals surface area contributed by atoms with Crippen LogP contribution in [0.3, 0.4) is 0 Å². The highest BCUT2D eigenvalue weighted by Gasteiger charge is 2.15. The molecule has 0 saturated heterocycles. The molecule has 0 aliphatic heterocycles. The van der Waals surface area contributed by atoms with Crippen molar-refractivity contribution in [3.63, 3.8) is 0 Å². The number of hydrogen-bond acceptors (Lipinski definition) is 4. The van der Waals surface area contributed by atoms with Crippen LogP contribution in [0.15, 0.2) is 51.7 Å². The van der Waals surface area contributed by atoms with E-state index >= 15 is 0 Å². The number of nitrogen functional groups attached to an aromatic ring is 1. The van der Waals surface area contributed by atoms with Gasteiger partial charge in [0.1, 0.15) is 5.52 Å². The van der Waals surface area contributed by atoms with Gasteiger partial charge in [-0.3, -0.25) is 9.36 Å². The Hall–Kier alpha value is -2.82. The molecule has 5 nitrogen and oxygen atoms in total. The Labute approximate surface area is 120 Å². The molecule has 0 fully saturated rings. The quantitative estimate of drug-likeness (QED) is 0.591. The highest BCUT2D eigenvalue weighted by Crippen LogP contribution is 2.20. The molecule has 2 N–H and O–H groups in total. The average molecular weight is 282 g/mol. The lowest BCUT2D eigenvalue weighted by molar-refractivity contribution is 0.0970. The standard InChI is InChI=1S/C16H14N2O3/c1-10-5-7-11(8-6-10)13(19)9-18-15-12(17)3-2-4-14(15)21-16(18)20/h2-8H,9,17H2,1H3. The molecule has 1 aromatic heterocycles. The molecule has 21 heavy (non-hydrogen) atoms. The lowest BCUT2D eigenvalue weighted by atomic mass is 10.1. The number of oxazole rings is 1. The predicted octanol–water partition coefficient (Wildman–Crippen LogP) is 2.37. The molecule has 0 atom stereocenters. The zero-order valence-electron chi connectivity index (χ0n) is 11.5. The van der Waals surface area contributed by atoms with Crippen LogP contribution < -0.4 is 11.5 Å². The second-order valence-corrected chi connectivity index (χ2v) is 4.94. The first-order chi connectivity index (χ1) is 10.1. The van der Waals surface area contributed by atoms with E-state index in [1.54, 1.807) is 30.3 Å². The molecule has 0 aliphatic carbocycles. The number of ketones is 1. The molecule has 0 unspecified atom stereocenters. The van der Waals surface area contributed by atoms with Crippen molar-refractivity contribution in [1.29, 1.82) is 0 Å². The Morgan fingerprint density at radius 2 is 1.90 bits per heavy atom. The minimum absolute atomic E-state index is 0.0941. The van der Waals surface area contributed by atoms with Crippen molar-refractivity contribution in [3.8, 4) is 0 Å². The number of Topliss-reactive ketones (excluding diaryl/α,β-unsaturated/α-hetero) is 1. The van der Waals surface area contributed by atoms with Crippen molar-refractivity contribution >= 4 is 22.6 Å². The van der Waals surface area contributed by atoms with E-state index in [2.05, 4.69) is 0 Å². The van der Waals surface area contributed by atoms with Crippen LogP contribution in [0, 0.1) is 6.92 Å². The van der Waals surface area contributed by atoms with Crippen molar-refractivity contribution < 1.29 is 9.21 Å². The third kappa shape index (κ3) is 2.33. The van der Waals surface area contributed by atoms with E-state index in [-0.39, 0.29) is 12.3 Å². The molecule has 0 spiro atoms. The number of benzene rings is 2. The number of nitrogens with two attached hydrogens (primary N) is 1. The fraction of sp³-hybridized carbons (Fsp3) is 0.125. The lowest BCUT2D eigenvalue weighted by Gasteiger charge is -2.04. The molecule has 3 rings (SSSR count). The second-order valence-electron chi connectivity index (χ2n) is 4.94. The Kier molecular flexibility index (Phi) is 3.10. The maximum atomic E-state index is 12.3. The van der Waals surface area contributed by atoms with Crippen molar-refractivity contribution in [3.05, 3.63) is 64.1 Å². The monoisotopic (exact) mass is 282 g/mol. The van der Waals surface area contributed by atoms with Crippen LogP contribution in [0.5, 0.6) is 0 Å². The number of rotatable bonds is 3. The molecule has 0 aliphatic rings. The van der Waals surface area contributed by atoms with Gasteiger partial charge in [-0.05, 0) is 19.1 Å². The summed E-state index contributed by atoms with van der Waals surface area (Å²) in [5.74, 6) is -0.744. The maximum Gasteiger partial charge on any atom is 0.420 e. The molecule has 0 amide bonds. The van der Waals surface area contributed by atoms with Gasteiger partial charge in [-0.1, -0.05) is 35.9 Å². The smallest absolute Gasteiger partial charge is 0.408 e. The van der Waals surface area contributed by atoms with Gasteiger partial charge in [-0.2, -0.15) is 0 Å².